The Bertz CT molecular complexity index is 799. The van der Waals surface area contributed by atoms with Gasteiger partial charge in [-0.25, -0.2) is 8.42 Å². The zero-order chi connectivity index (χ0) is 19.5. The number of rotatable bonds is 6. The van der Waals surface area contributed by atoms with E-state index in [-0.39, 0.29) is 5.41 Å². The molecule has 2 nitrogen and oxygen atoms in total. The first kappa shape index (κ1) is 21.2. The van der Waals surface area contributed by atoms with E-state index in [0.717, 1.165) is 36.0 Å². The van der Waals surface area contributed by atoms with E-state index in [0.29, 0.717) is 17.2 Å². The second kappa shape index (κ2) is 8.31. The van der Waals surface area contributed by atoms with Gasteiger partial charge in [-0.05, 0) is 69.6 Å². The van der Waals surface area contributed by atoms with Gasteiger partial charge in [0.25, 0.3) is 0 Å². The lowest BCUT2D eigenvalue weighted by Gasteiger charge is -2.39. The molecule has 1 unspecified atom stereocenters. The predicted octanol–water partition coefficient (Wildman–Crippen LogP) is 6.24. The summed E-state index contributed by atoms with van der Waals surface area (Å²) < 4.78 is 27.2. The maximum absolute atomic E-state index is 13.6. The lowest BCUT2D eigenvalue weighted by molar-refractivity contribution is 0.353. The third-order valence-electron chi connectivity index (χ3n) is 5.52. The van der Waals surface area contributed by atoms with E-state index in [4.69, 9.17) is 11.6 Å². The van der Waals surface area contributed by atoms with Gasteiger partial charge in [-0.2, -0.15) is 0 Å². The topological polar surface area (TPSA) is 34.1 Å². The van der Waals surface area contributed by atoms with Crippen LogP contribution in [0.4, 0.5) is 0 Å². The van der Waals surface area contributed by atoms with E-state index in [2.05, 4.69) is 20.8 Å². The Balaban J connectivity index is 2.61. The van der Waals surface area contributed by atoms with Crippen molar-refractivity contribution in [2.75, 3.05) is 5.88 Å². The van der Waals surface area contributed by atoms with Crippen molar-refractivity contribution in [2.45, 2.75) is 70.4 Å². The SMILES string of the molecule is CC1=C(C(C/C(C)=C/CCl)S(=O)(=O)c2ccc(C)cc2)C(C)(C)CCC1. The zero-order valence-electron chi connectivity index (χ0n) is 16.6. The van der Waals surface area contributed by atoms with Crippen molar-refractivity contribution >= 4 is 21.4 Å². The first-order valence-corrected chi connectivity index (χ1v) is 11.4. The number of sulfone groups is 1. The van der Waals surface area contributed by atoms with Gasteiger partial charge in [0.05, 0.1) is 10.1 Å². The molecule has 0 aliphatic heterocycles. The zero-order valence-corrected chi connectivity index (χ0v) is 18.2. The van der Waals surface area contributed by atoms with E-state index in [1.54, 1.807) is 12.1 Å². The fourth-order valence-electron chi connectivity index (χ4n) is 4.12. The average molecular weight is 395 g/mol. The highest BCUT2D eigenvalue weighted by Gasteiger charge is 2.40. The molecule has 0 heterocycles. The summed E-state index contributed by atoms with van der Waals surface area (Å²) in [6, 6.07) is 7.23. The third kappa shape index (κ3) is 4.61. The highest BCUT2D eigenvalue weighted by atomic mass is 35.5. The number of allylic oxidation sites excluding steroid dienone is 3. The van der Waals surface area contributed by atoms with Gasteiger partial charge in [0.15, 0.2) is 9.84 Å². The molecule has 26 heavy (non-hydrogen) atoms. The molecule has 1 aromatic carbocycles. The Morgan fingerprint density at radius 3 is 2.38 bits per heavy atom. The Morgan fingerprint density at radius 1 is 1.23 bits per heavy atom. The second-order valence-corrected chi connectivity index (χ2v) is 10.6. The average Bonchev–Trinajstić information content (AvgIpc) is 2.53. The van der Waals surface area contributed by atoms with Crippen LogP contribution in [0.25, 0.3) is 0 Å². The van der Waals surface area contributed by atoms with Crippen molar-refractivity contribution < 1.29 is 8.42 Å². The van der Waals surface area contributed by atoms with Crippen LogP contribution in [-0.2, 0) is 9.84 Å². The maximum atomic E-state index is 13.6. The van der Waals surface area contributed by atoms with Crippen molar-refractivity contribution in [1.29, 1.82) is 0 Å². The third-order valence-corrected chi connectivity index (χ3v) is 7.76. The summed E-state index contributed by atoms with van der Waals surface area (Å²) in [6.45, 7) is 10.4. The monoisotopic (exact) mass is 394 g/mol. The van der Waals surface area contributed by atoms with Crippen molar-refractivity contribution in [2.24, 2.45) is 5.41 Å². The van der Waals surface area contributed by atoms with Crippen LogP contribution in [0.3, 0.4) is 0 Å². The second-order valence-electron chi connectivity index (χ2n) is 8.19. The molecule has 1 atom stereocenters. The highest BCUT2D eigenvalue weighted by Crippen LogP contribution is 2.46. The van der Waals surface area contributed by atoms with Gasteiger partial charge < -0.3 is 0 Å². The standard InChI is InChI=1S/C22H31ClO2S/c1-16-8-10-19(11-9-16)26(24,25)20(15-17(2)12-14-23)21-18(3)7-6-13-22(21,4)5/h8-12,20H,6-7,13-15H2,1-5H3/b17-12+. The number of benzene rings is 1. The number of aryl methyl sites for hydroxylation is 1. The van der Waals surface area contributed by atoms with E-state index >= 15 is 0 Å². The molecule has 0 radical (unpaired) electrons. The van der Waals surface area contributed by atoms with Crippen LogP contribution in [0.2, 0.25) is 0 Å². The van der Waals surface area contributed by atoms with E-state index in [1.807, 2.05) is 32.1 Å². The van der Waals surface area contributed by atoms with Gasteiger partial charge in [0, 0.05) is 5.88 Å². The van der Waals surface area contributed by atoms with Gasteiger partial charge in [0.2, 0.25) is 0 Å². The minimum absolute atomic E-state index is 0.105. The Labute approximate surface area is 164 Å². The number of alkyl halides is 1. The summed E-state index contributed by atoms with van der Waals surface area (Å²) >= 11 is 5.86. The summed E-state index contributed by atoms with van der Waals surface area (Å²) in [6.07, 6.45) is 5.55. The Hall–Kier alpha value is -1.06. The summed E-state index contributed by atoms with van der Waals surface area (Å²) in [7, 11) is -3.48. The molecule has 1 aliphatic carbocycles. The molecule has 1 aromatic rings. The van der Waals surface area contributed by atoms with Crippen LogP contribution in [0, 0.1) is 12.3 Å². The largest absolute Gasteiger partial charge is 0.223 e. The van der Waals surface area contributed by atoms with Crippen LogP contribution in [0.1, 0.15) is 58.9 Å². The first-order chi connectivity index (χ1) is 12.1. The number of halogens is 1. The molecule has 144 valence electrons. The molecule has 0 amide bonds. The molecular formula is C22H31ClO2S. The molecule has 2 rings (SSSR count). The summed E-state index contributed by atoms with van der Waals surface area (Å²) in [4.78, 5) is 0.411. The van der Waals surface area contributed by atoms with Crippen LogP contribution in [0.5, 0.6) is 0 Å². The lowest BCUT2D eigenvalue weighted by Crippen LogP contribution is -2.34. The Morgan fingerprint density at radius 2 is 1.85 bits per heavy atom. The van der Waals surface area contributed by atoms with Gasteiger partial charge in [-0.3, -0.25) is 0 Å². The lowest BCUT2D eigenvalue weighted by atomic mass is 9.71. The van der Waals surface area contributed by atoms with Gasteiger partial charge in [-0.15, -0.1) is 11.6 Å². The molecule has 0 saturated carbocycles. The number of hydrogen-bond donors (Lipinski definition) is 0. The van der Waals surface area contributed by atoms with Crippen molar-refractivity contribution in [3.8, 4) is 0 Å². The van der Waals surface area contributed by atoms with Gasteiger partial charge in [-0.1, -0.05) is 48.8 Å². The molecule has 0 bridgehead atoms. The molecule has 4 heteroatoms. The van der Waals surface area contributed by atoms with Crippen LogP contribution in [-0.4, -0.2) is 19.5 Å². The molecule has 1 aliphatic rings. The van der Waals surface area contributed by atoms with Crippen molar-refractivity contribution in [3.63, 3.8) is 0 Å². The molecular weight excluding hydrogens is 364 g/mol. The minimum atomic E-state index is -3.48. The fourth-order valence-corrected chi connectivity index (χ4v) is 6.54. The molecule has 0 N–H and O–H groups in total. The van der Waals surface area contributed by atoms with Gasteiger partial charge >= 0.3 is 0 Å². The summed E-state index contributed by atoms with van der Waals surface area (Å²) in [5, 5.41) is -0.528. The highest BCUT2D eigenvalue weighted by molar-refractivity contribution is 7.92. The molecule has 0 saturated heterocycles. The molecule has 0 aromatic heterocycles. The fraction of sp³-hybridized carbons (Fsp3) is 0.545. The number of hydrogen-bond acceptors (Lipinski definition) is 2. The first-order valence-electron chi connectivity index (χ1n) is 9.32. The van der Waals surface area contributed by atoms with Crippen LogP contribution in [0.15, 0.2) is 52.0 Å². The Kier molecular flexibility index (Phi) is 6.79. The van der Waals surface area contributed by atoms with Crippen molar-refractivity contribution in [1.82, 2.24) is 0 Å². The summed E-state index contributed by atoms with van der Waals surface area (Å²) in [5.74, 6) is 0.407. The summed E-state index contributed by atoms with van der Waals surface area (Å²) in [5.41, 5.74) is 4.33. The van der Waals surface area contributed by atoms with Crippen LogP contribution < -0.4 is 0 Å². The van der Waals surface area contributed by atoms with E-state index < -0.39 is 15.1 Å². The van der Waals surface area contributed by atoms with Crippen LogP contribution >= 0.6 is 11.6 Å². The normalized spacial score (nSPS) is 19.5. The molecule has 0 fully saturated rings. The minimum Gasteiger partial charge on any atom is -0.223 e. The van der Waals surface area contributed by atoms with E-state index in [1.165, 1.54) is 5.57 Å². The van der Waals surface area contributed by atoms with Crippen molar-refractivity contribution in [3.05, 3.63) is 52.6 Å². The quantitative estimate of drug-likeness (QED) is 0.422. The van der Waals surface area contributed by atoms with E-state index in [9.17, 15) is 8.42 Å². The van der Waals surface area contributed by atoms with Gasteiger partial charge in [0.1, 0.15) is 0 Å². The maximum Gasteiger partial charge on any atom is 0.185 e. The predicted molar refractivity (Wildman–Crippen MR) is 112 cm³/mol. The smallest absolute Gasteiger partial charge is 0.185 e. The molecule has 0 spiro atoms.